The van der Waals surface area contributed by atoms with E-state index in [2.05, 4.69) is 5.32 Å². The summed E-state index contributed by atoms with van der Waals surface area (Å²) in [6.07, 6.45) is -6.49. The average molecular weight is 262 g/mol. The molecule has 0 aromatic carbocycles. The van der Waals surface area contributed by atoms with Crippen molar-refractivity contribution in [2.45, 2.75) is 18.2 Å². The number of rotatable bonds is 3. The first-order valence-electron chi connectivity index (χ1n) is 4.80. The molecule has 0 aliphatic carbocycles. The van der Waals surface area contributed by atoms with Gasteiger partial charge in [0.15, 0.2) is 0 Å². The summed E-state index contributed by atoms with van der Waals surface area (Å²) in [4.78, 5) is 10.7. The molecular weight excluding hydrogens is 251 g/mol. The zero-order valence-electron chi connectivity index (χ0n) is 8.61. The minimum atomic E-state index is -5.89. The van der Waals surface area contributed by atoms with Crippen molar-refractivity contribution in [3.63, 3.8) is 0 Å². The van der Waals surface area contributed by atoms with Crippen LogP contribution in [0.25, 0.3) is 0 Å². The third kappa shape index (κ3) is 3.50. The third-order valence-electron chi connectivity index (χ3n) is 2.14. The highest BCUT2D eigenvalue weighted by Crippen LogP contribution is 2.35. The van der Waals surface area contributed by atoms with Gasteiger partial charge in [-0.3, -0.25) is 4.79 Å². The Morgan fingerprint density at radius 3 is 2.47 bits per heavy atom. The highest BCUT2D eigenvalue weighted by Gasteiger charge is 2.63. The van der Waals surface area contributed by atoms with Crippen LogP contribution in [-0.4, -0.2) is 50.4 Å². The number of hydrogen-bond acceptors (Lipinski definition) is 3. The monoisotopic (exact) mass is 262 g/mol. The molecule has 1 rings (SSSR count). The fraction of sp³-hybridized carbons (Fsp3) is 0.875. The normalized spacial score (nSPS) is 22.3. The Balaban J connectivity index is 2.43. The number of nitrogens with one attached hydrogen (secondary N) is 2. The number of alkyl halides is 5. The Morgan fingerprint density at radius 2 is 2.00 bits per heavy atom. The van der Waals surface area contributed by atoms with E-state index in [9.17, 15) is 26.7 Å². The number of carbonyl (C=O) groups excluding carboxylic acids is 1. The summed E-state index contributed by atoms with van der Waals surface area (Å²) < 4.78 is 65.4. The average Bonchev–Trinajstić information content (AvgIpc) is 2.25. The van der Waals surface area contributed by atoms with Gasteiger partial charge in [-0.15, -0.1) is 0 Å². The van der Waals surface area contributed by atoms with E-state index >= 15 is 0 Å². The van der Waals surface area contributed by atoms with E-state index in [0.717, 1.165) is 0 Å². The molecule has 100 valence electrons. The molecule has 0 radical (unpaired) electrons. The first kappa shape index (κ1) is 14.1. The Bertz CT molecular complexity index is 276. The second-order valence-corrected chi connectivity index (χ2v) is 3.48. The van der Waals surface area contributed by atoms with Gasteiger partial charge in [-0.2, -0.15) is 22.0 Å². The molecule has 1 unspecified atom stereocenters. The molecule has 9 heteroatoms. The second-order valence-electron chi connectivity index (χ2n) is 3.48. The summed E-state index contributed by atoms with van der Waals surface area (Å²) in [7, 11) is 0. The molecule has 17 heavy (non-hydrogen) atoms. The molecule has 0 spiro atoms. The maximum Gasteiger partial charge on any atom is 0.463 e. The fourth-order valence-corrected chi connectivity index (χ4v) is 1.20. The van der Waals surface area contributed by atoms with Gasteiger partial charge >= 0.3 is 12.1 Å². The molecule has 1 amide bonds. The minimum absolute atomic E-state index is 0.290. The number of amides is 1. The van der Waals surface area contributed by atoms with Gasteiger partial charge in [-0.05, 0) is 0 Å². The smallest absolute Gasteiger partial charge is 0.374 e. The van der Waals surface area contributed by atoms with Crippen molar-refractivity contribution in [1.29, 1.82) is 0 Å². The van der Waals surface area contributed by atoms with Gasteiger partial charge in [0.05, 0.1) is 12.7 Å². The number of hydrogen-bond donors (Lipinski definition) is 2. The zero-order valence-corrected chi connectivity index (χ0v) is 8.61. The summed E-state index contributed by atoms with van der Waals surface area (Å²) in [5, 5.41) is 4.37. The van der Waals surface area contributed by atoms with Gasteiger partial charge < -0.3 is 15.4 Å². The molecule has 2 N–H and O–H groups in total. The Hall–Kier alpha value is -0.960. The van der Waals surface area contributed by atoms with Gasteiger partial charge in [-0.1, -0.05) is 0 Å². The number of carbonyl (C=O) groups is 1. The molecule has 1 heterocycles. The first-order valence-corrected chi connectivity index (χ1v) is 4.80. The summed E-state index contributed by atoms with van der Waals surface area (Å²) in [6, 6.07) is 0. The lowest BCUT2D eigenvalue weighted by atomic mass is 10.2. The zero-order chi connectivity index (χ0) is 13.1. The van der Waals surface area contributed by atoms with E-state index in [4.69, 9.17) is 4.74 Å². The van der Waals surface area contributed by atoms with Gasteiger partial charge in [0.1, 0.15) is 0 Å². The molecule has 0 saturated carbocycles. The molecule has 1 aliphatic rings. The van der Waals surface area contributed by atoms with E-state index in [1.54, 1.807) is 0 Å². The van der Waals surface area contributed by atoms with Crippen molar-refractivity contribution in [1.82, 2.24) is 10.6 Å². The van der Waals surface area contributed by atoms with E-state index in [1.165, 1.54) is 5.32 Å². The van der Waals surface area contributed by atoms with Gasteiger partial charge in [0.25, 0.3) is 5.91 Å². The van der Waals surface area contributed by atoms with Crippen LogP contribution in [-0.2, 0) is 9.53 Å². The van der Waals surface area contributed by atoms with E-state index in [-0.39, 0.29) is 6.54 Å². The van der Waals surface area contributed by atoms with Gasteiger partial charge in [0, 0.05) is 19.6 Å². The van der Waals surface area contributed by atoms with E-state index in [1.807, 2.05) is 0 Å². The predicted octanol–water partition coefficient (Wildman–Crippen LogP) is 0.289. The molecular formula is C8H11F5N2O2. The molecule has 0 aromatic rings. The standard InChI is InChI=1S/C8H11F5N2O2/c9-7(10,8(11,12)13)6(16)15-4-5-3-14-1-2-17-5/h5,14H,1-4H2,(H,15,16). The van der Waals surface area contributed by atoms with Gasteiger partial charge in [-0.25, -0.2) is 0 Å². The van der Waals surface area contributed by atoms with Crippen LogP contribution in [0.3, 0.4) is 0 Å². The van der Waals surface area contributed by atoms with E-state index in [0.29, 0.717) is 13.2 Å². The van der Waals surface area contributed by atoms with Crippen LogP contribution in [0.2, 0.25) is 0 Å². The van der Waals surface area contributed by atoms with E-state index < -0.39 is 30.7 Å². The van der Waals surface area contributed by atoms with Crippen LogP contribution < -0.4 is 10.6 Å². The van der Waals surface area contributed by atoms with Crippen molar-refractivity contribution in [3.05, 3.63) is 0 Å². The molecule has 1 fully saturated rings. The fourth-order valence-electron chi connectivity index (χ4n) is 1.20. The van der Waals surface area contributed by atoms with Crippen LogP contribution in [0.4, 0.5) is 22.0 Å². The summed E-state index contributed by atoms with van der Waals surface area (Å²) in [6.45, 7) is 0.786. The van der Waals surface area contributed by atoms with Gasteiger partial charge in [0.2, 0.25) is 0 Å². The van der Waals surface area contributed by atoms with Crippen LogP contribution in [0.5, 0.6) is 0 Å². The lowest BCUT2D eigenvalue weighted by molar-refractivity contribution is -0.269. The number of halogens is 5. The highest BCUT2D eigenvalue weighted by atomic mass is 19.4. The predicted molar refractivity (Wildman–Crippen MR) is 46.6 cm³/mol. The summed E-state index contributed by atoms with van der Waals surface area (Å²) >= 11 is 0. The second kappa shape index (κ2) is 5.13. The Labute approximate surface area is 93.5 Å². The molecule has 0 aromatic heterocycles. The largest absolute Gasteiger partial charge is 0.463 e. The SMILES string of the molecule is O=C(NCC1CNCCO1)C(F)(F)C(F)(F)F. The highest BCUT2D eigenvalue weighted by molar-refractivity contribution is 5.84. The van der Waals surface area contributed by atoms with Crippen molar-refractivity contribution >= 4 is 5.91 Å². The Kier molecular flexibility index (Phi) is 4.26. The van der Waals surface area contributed by atoms with Crippen LogP contribution in [0.15, 0.2) is 0 Å². The molecule has 1 atom stereocenters. The van der Waals surface area contributed by atoms with Crippen LogP contribution >= 0.6 is 0 Å². The minimum Gasteiger partial charge on any atom is -0.374 e. The van der Waals surface area contributed by atoms with Crippen molar-refractivity contribution in [3.8, 4) is 0 Å². The van der Waals surface area contributed by atoms with Crippen molar-refractivity contribution in [2.24, 2.45) is 0 Å². The lowest BCUT2D eigenvalue weighted by Gasteiger charge is -2.25. The van der Waals surface area contributed by atoms with Crippen molar-refractivity contribution < 1.29 is 31.5 Å². The topological polar surface area (TPSA) is 50.4 Å². The Morgan fingerprint density at radius 1 is 1.35 bits per heavy atom. The quantitative estimate of drug-likeness (QED) is 0.719. The molecule has 1 aliphatic heterocycles. The number of ether oxygens (including phenoxy) is 1. The molecule has 4 nitrogen and oxygen atoms in total. The maximum absolute atomic E-state index is 12.5. The molecule has 0 bridgehead atoms. The first-order chi connectivity index (χ1) is 7.75. The summed E-state index contributed by atoms with van der Waals surface area (Å²) in [5.41, 5.74) is 0. The number of morpholine rings is 1. The third-order valence-corrected chi connectivity index (χ3v) is 2.14. The van der Waals surface area contributed by atoms with Crippen LogP contribution in [0, 0.1) is 0 Å². The van der Waals surface area contributed by atoms with Crippen LogP contribution in [0.1, 0.15) is 0 Å². The maximum atomic E-state index is 12.5. The molecule has 1 saturated heterocycles. The van der Waals surface area contributed by atoms with Crippen molar-refractivity contribution in [2.75, 3.05) is 26.2 Å². The summed E-state index contributed by atoms with van der Waals surface area (Å²) in [5.74, 6) is -7.74. The lowest BCUT2D eigenvalue weighted by Crippen LogP contribution is -2.53.